The van der Waals surface area contributed by atoms with Crippen molar-refractivity contribution < 1.29 is 4.79 Å². The van der Waals surface area contributed by atoms with Crippen molar-refractivity contribution in [1.29, 1.82) is 0 Å². The molecular weight excluding hydrogens is 226 g/mol. The molecule has 0 fully saturated rings. The maximum Gasteiger partial charge on any atom is 0.240 e. The zero-order valence-electron chi connectivity index (χ0n) is 11.6. The lowest BCUT2D eigenvalue weighted by atomic mass is 10.1. The molecule has 1 heterocycles. The minimum atomic E-state index is 0.0585. The fraction of sp³-hybridized carbons (Fsp3) is 0.643. The normalized spacial score (nSPS) is 14.2. The van der Waals surface area contributed by atoms with E-state index in [0.717, 1.165) is 24.8 Å². The Hall–Kier alpha value is -1.29. The summed E-state index contributed by atoms with van der Waals surface area (Å²) in [5.74, 6) is 0.0585. The van der Waals surface area contributed by atoms with Gasteiger partial charge in [-0.15, -0.1) is 0 Å². The Kier molecular flexibility index (Phi) is 5.92. The average Bonchev–Trinajstić information content (AvgIpc) is 2.76. The van der Waals surface area contributed by atoms with Crippen LogP contribution in [0.2, 0.25) is 0 Å². The van der Waals surface area contributed by atoms with Crippen molar-refractivity contribution in [3.63, 3.8) is 0 Å². The zero-order chi connectivity index (χ0) is 13.5. The van der Waals surface area contributed by atoms with Crippen LogP contribution in [-0.4, -0.2) is 16.5 Å². The molecule has 1 amide bonds. The van der Waals surface area contributed by atoms with Crippen LogP contribution >= 0.6 is 0 Å². The molecule has 4 heteroatoms. The lowest BCUT2D eigenvalue weighted by molar-refractivity contribution is -0.122. The second kappa shape index (κ2) is 7.21. The van der Waals surface area contributed by atoms with E-state index in [9.17, 15) is 4.79 Å². The molecule has 3 N–H and O–H groups in total. The summed E-state index contributed by atoms with van der Waals surface area (Å²) < 4.78 is 1.89. The monoisotopic (exact) mass is 251 g/mol. The summed E-state index contributed by atoms with van der Waals surface area (Å²) in [4.78, 5) is 11.8. The molecule has 0 saturated carbocycles. The number of nitrogens with two attached hydrogens (primary N) is 1. The molecule has 2 unspecified atom stereocenters. The molecule has 2 atom stereocenters. The Labute approximate surface area is 110 Å². The first-order valence-electron chi connectivity index (χ1n) is 6.77. The first kappa shape index (κ1) is 14.8. The molecule has 1 rings (SSSR count). The number of nitrogens with one attached hydrogen (secondary N) is 1. The minimum Gasteiger partial charge on any atom is -0.352 e. The maximum atomic E-state index is 11.8. The summed E-state index contributed by atoms with van der Waals surface area (Å²) in [7, 11) is 0. The van der Waals surface area contributed by atoms with Crippen molar-refractivity contribution in [3.8, 4) is 0 Å². The van der Waals surface area contributed by atoms with Crippen LogP contribution in [-0.2, 0) is 11.3 Å². The highest BCUT2D eigenvalue weighted by Crippen LogP contribution is 2.13. The molecule has 102 valence electrons. The Morgan fingerprint density at radius 2 is 2.22 bits per heavy atom. The summed E-state index contributed by atoms with van der Waals surface area (Å²) in [6.07, 6.45) is 6.88. The van der Waals surface area contributed by atoms with E-state index in [2.05, 4.69) is 19.2 Å². The van der Waals surface area contributed by atoms with Crippen LogP contribution in [0.4, 0.5) is 0 Å². The molecule has 1 aromatic rings. The van der Waals surface area contributed by atoms with Gasteiger partial charge in [0, 0.05) is 24.5 Å². The third-order valence-electron chi connectivity index (χ3n) is 3.10. The minimum absolute atomic E-state index is 0.0585. The second-order valence-corrected chi connectivity index (χ2v) is 4.89. The predicted octanol–water partition coefficient (Wildman–Crippen LogP) is 2.20. The average molecular weight is 251 g/mol. The van der Waals surface area contributed by atoms with Gasteiger partial charge in [0.05, 0.1) is 0 Å². The molecule has 0 bridgehead atoms. The van der Waals surface area contributed by atoms with Crippen LogP contribution in [0.3, 0.4) is 0 Å². The van der Waals surface area contributed by atoms with Gasteiger partial charge >= 0.3 is 0 Å². The van der Waals surface area contributed by atoms with Crippen LogP contribution in [0.1, 0.15) is 51.6 Å². The van der Waals surface area contributed by atoms with Crippen molar-refractivity contribution in [3.05, 3.63) is 24.0 Å². The van der Waals surface area contributed by atoms with Gasteiger partial charge in [0.25, 0.3) is 0 Å². The van der Waals surface area contributed by atoms with Gasteiger partial charge < -0.3 is 15.6 Å². The van der Waals surface area contributed by atoms with Crippen molar-refractivity contribution in [1.82, 2.24) is 9.88 Å². The van der Waals surface area contributed by atoms with E-state index >= 15 is 0 Å². The van der Waals surface area contributed by atoms with E-state index in [1.54, 1.807) is 0 Å². The molecule has 0 spiro atoms. The largest absolute Gasteiger partial charge is 0.352 e. The molecule has 4 nitrogen and oxygen atoms in total. The highest BCUT2D eigenvalue weighted by molar-refractivity contribution is 5.76. The fourth-order valence-corrected chi connectivity index (χ4v) is 2.00. The van der Waals surface area contributed by atoms with E-state index in [4.69, 9.17) is 5.73 Å². The van der Waals surface area contributed by atoms with E-state index in [1.165, 1.54) is 0 Å². The number of nitrogens with zero attached hydrogens (tertiary/aromatic N) is 1. The molecule has 0 radical (unpaired) electrons. The van der Waals surface area contributed by atoms with Gasteiger partial charge in [-0.2, -0.15) is 0 Å². The number of aromatic nitrogens is 1. The molecule has 18 heavy (non-hydrogen) atoms. The fourth-order valence-electron chi connectivity index (χ4n) is 2.00. The number of carbonyl (C=O) groups is 1. The summed E-state index contributed by atoms with van der Waals surface area (Å²) in [5.41, 5.74) is 7.03. The molecule has 0 aromatic carbocycles. The van der Waals surface area contributed by atoms with Gasteiger partial charge in [-0.3, -0.25) is 4.79 Å². The van der Waals surface area contributed by atoms with Crippen molar-refractivity contribution >= 4 is 5.91 Å². The van der Waals surface area contributed by atoms with Gasteiger partial charge in [0.1, 0.15) is 6.54 Å². The molecule has 0 aliphatic rings. The summed E-state index contributed by atoms with van der Waals surface area (Å²) in [6, 6.07) is 2.29. The highest BCUT2D eigenvalue weighted by atomic mass is 16.2. The Morgan fingerprint density at radius 3 is 2.83 bits per heavy atom. The Bertz CT molecular complexity index is 373. The van der Waals surface area contributed by atoms with E-state index < -0.39 is 0 Å². The predicted molar refractivity (Wildman–Crippen MR) is 74.2 cm³/mol. The van der Waals surface area contributed by atoms with E-state index in [-0.39, 0.29) is 18.0 Å². The van der Waals surface area contributed by atoms with Gasteiger partial charge in [0.2, 0.25) is 5.91 Å². The number of carbonyl (C=O) groups excluding carboxylic acids is 1. The summed E-state index contributed by atoms with van der Waals surface area (Å²) in [6.45, 7) is 6.58. The number of amides is 1. The Balaban J connectivity index is 2.47. The number of hydrogen-bond acceptors (Lipinski definition) is 2. The van der Waals surface area contributed by atoms with E-state index in [1.807, 2.05) is 30.0 Å². The van der Waals surface area contributed by atoms with Crippen molar-refractivity contribution in [2.45, 2.75) is 58.7 Å². The van der Waals surface area contributed by atoms with Crippen LogP contribution in [0.25, 0.3) is 0 Å². The lowest BCUT2D eigenvalue weighted by Crippen LogP contribution is -2.34. The third kappa shape index (κ3) is 4.53. The molecule has 0 saturated heterocycles. The van der Waals surface area contributed by atoms with Gasteiger partial charge in [0.15, 0.2) is 0 Å². The zero-order valence-corrected chi connectivity index (χ0v) is 11.6. The van der Waals surface area contributed by atoms with Crippen LogP contribution in [0.15, 0.2) is 18.5 Å². The first-order chi connectivity index (χ1) is 8.56. The molecular formula is C14H25N3O. The highest BCUT2D eigenvalue weighted by Gasteiger charge is 2.09. The van der Waals surface area contributed by atoms with Gasteiger partial charge in [-0.1, -0.05) is 20.3 Å². The van der Waals surface area contributed by atoms with Crippen LogP contribution in [0, 0.1) is 0 Å². The van der Waals surface area contributed by atoms with Crippen LogP contribution < -0.4 is 11.1 Å². The van der Waals surface area contributed by atoms with Crippen molar-refractivity contribution in [2.75, 3.05) is 0 Å². The summed E-state index contributed by atoms with van der Waals surface area (Å²) in [5, 5.41) is 2.99. The Morgan fingerprint density at radius 1 is 1.50 bits per heavy atom. The standard InChI is InChI=1S/C14H25N3O/c1-4-6-11(3)16-14(18)10-17-8-7-12(9-17)13(15)5-2/h7-9,11,13H,4-6,10,15H2,1-3H3,(H,16,18). The van der Waals surface area contributed by atoms with E-state index in [0.29, 0.717) is 6.54 Å². The topological polar surface area (TPSA) is 60.0 Å². The van der Waals surface area contributed by atoms with Crippen molar-refractivity contribution in [2.24, 2.45) is 5.73 Å². The number of hydrogen-bond donors (Lipinski definition) is 2. The van der Waals surface area contributed by atoms with Gasteiger partial charge in [-0.05, 0) is 31.4 Å². The lowest BCUT2D eigenvalue weighted by Gasteiger charge is -2.13. The van der Waals surface area contributed by atoms with Gasteiger partial charge in [-0.25, -0.2) is 0 Å². The second-order valence-electron chi connectivity index (χ2n) is 4.89. The molecule has 0 aliphatic heterocycles. The summed E-state index contributed by atoms with van der Waals surface area (Å²) >= 11 is 0. The van der Waals surface area contributed by atoms with Crippen LogP contribution in [0.5, 0.6) is 0 Å². The molecule has 1 aromatic heterocycles. The quantitative estimate of drug-likeness (QED) is 0.780. The molecule has 0 aliphatic carbocycles. The third-order valence-corrected chi connectivity index (χ3v) is 3.10. The smallest absolute Gasteiger partial charge is 0.240 e. The first-order valence-corrected chi connectivity index (χ1v) is 6.77. The maximum absolute atomic E-state index is 11.8. The SMILES string of the molecule is CCCC(C)NC(=O)Cn1ccc(C(N)CC)c1. The number of rotatable bonds is 7.